The number of hydrogen-bond acceptors (Lipinski definition) is 1. The van der Waals surface area contributed by atoms with Crippen LogP contribution in [0.4, 0.5) is 0 Å². The number of fused-ring (bicyclic) bond motifs is 1. The minimum Gasteiger partial charge on any atom is -0.342 e. The first-order valence-electron chi connectivity index (χ1n) is 5.47. The summed E-state index contributed by atoms with van der Waals surface area (Å²) in [5, 5.41) is 3.06. The van der Waals surface area contributed by atoms with Crippen molar-refractivity contribution < 1.29 is 4.79 Å². The Balaban J connectivity index is 2.56. The molecule has 0 radical (unpaired) electrons. The van der Waals surface area contributed by atoms with Crippen molar-refractivity contribution in [1.82, 2.24) is 5.32 Å². The number of nitrogens with one attached hydrogen (secondary N) is 1. The first-order valence-corrected chi connectivity index (χ1v) is 6.26. The predicted molar refractivity (Wildman–Crippen MR) is 72.9 cm³/mol. The molecule has 0 fully saturated rings. The number of amides is 1. The molecule has 0 aromatic heterocycles. The molecule has 1 aromatic carbocycles. The highest BCUT2D eigenvalue weighted by Crippen LogP contribution is 2.38. The third kappa shape index (κ3) is 1.95. The van der Waals surface area contributed by atoms with Crippen LogP contribution in [0.5, 0.6) is 0 Å². The van der Waals surface area contributed by atoms with Crippen LogP contribution in [0, 0.1) is 0 Å². The third-order valence-corrected chi connectivity index (χ3v) is 3.57. The molecule has 2 nitrogen and oxygen atoms in total. The van der Waals surface area contributed by atoms with Crippen molar-refractivity contribution in [2.75, 3.05) is 0 Å². The Morgan fingerprint density at radius 3 is 2.53 bits per heavy atom. The molecule has 2 rings (SSSR count). The highest BCUT2D eigenvalue weighted by Gasteiger charge is 2.40. The molecule has 17 heavy (non-hydrogen) atoms. The molecule has 0 aliphatic carbocycles. The molecule has 0 saturated heterocycles. The van der Waals surface area contributed by atoms with E-state index in [1.54, 1.807) is 0 Å². The number of benzene rings is 1. The van der Waals surface area contributed by atoms with Gasteiger partial charge in [0.2, 0.25) is 0 Å². The fraction of sp³-hybridized carbons (Fsp3) is 0.214. The van der Waals surface area contributed by atoms with Gasteiger partial charge in [0, 0.05) is 10.0 Å². The fourth-order valence-corrected chi connectivity index (χ4v) is 2.73. The molecule has 0 saturated carbocycles. The Labute approximate surface area is 110 Å². The van der Waals surface area contributed by atoms with E-state index in [0.29, 0.717) is 12.8 Å². The highest BCUT2D eigenvalue weighted by atomic mass is 79.9. The third-order valence-electron chi connectivity index (χ3n) is 3.08. The minimum absolute atomic E-state index is 0.0231. The van der Waals surface area contributed by atoms with E-state index in [4.69, 9.17) is 0 Å². The Hall–Kier alpha value is -1.35. The molecular formula is C14H14BrNO. The molecule has 1 amide bonds. The monoisotopic (exact) mass is 291 g/mol. The number of carbonyl (C=O) groups is 1. The Morgan fingerprint density at radius 2 is 1.94 bits per heavy atom. The maximum absolute atomic E-state index is 12.0. The Morgan fingerprint density at radius 1 is 1.29 bits per heavy atom. The zero-order valence-corrected chi connectivity index (χ0v) is 11.1. The van der Waals surface area contributed by atoms with Crippen LogP contribution in [-0.2, 0) is 5.54 Å². The van der Waals surface area contributed by atoms with Gasteiger partial charge in [0.15, 0.2) is 0 Å². The maximum atomic E-state index is 12.0. The van der Waals surface area contributed by atoms with E-state index in [0.717, 1.165) is 15.6 Å². The lowest BCUT2D eigenvalue weighted by molar-refractivity contribution is 0.0930. The van der Waals surface area contributed by atoms with Crippen LogP contribution in [0.3, 0.4) is 0 Å². The van der Waals surface area contributed by atoms with Crippen molar-refractivity contribution in [3.8, 4) is 0 Å². The van der Waals surface area contributed by atoms with Gasteiger partial charge in [-0.1, -0.05) is 34.1 Å². The van der Waals surface area contributed by atoms with E-state index in [2.05, 4.69) is 34.4 Å². The second-order valence-corrected chi connectivity index (χ2v) is 5.13. The van der Waals surface area contributed by atoms with E-state index in [1.165, 1.54) is 0 Å². The first-order chi connectivity index (χ1) is 8.13. The molecule has 0 unspecified atom stereocenters. The molecule has 0 bridgehead atoms. The van der Waals surface area contributed by atoms with Gasteiger partial charge in [-0.15, -0.1) is 13.2 Å². The van der Waals surface area contributed by atoms with E-state index >= 15 is 0 Å². The topological polar surface area (TPSA) is 29.1 Å². The molecule has 1 aliphatic rings. The van der Waals surface area contributed by atoms with Crippen LogP contribution in [0.2, 0.25) is 0 Å². The normalized spacial score (nSPS) is 16.2. The van der Waals surface area contributed by atoms with Crippen molar-refractivity contribution in [1.29, 1.82) is 0 Å². The molecule has 1 heterocycles. The molecule has 88 valence electrons. The van der Waals surface area contributed by atoms with Gasteiger partial charge in [0.1, 0.15) is 0 Å². The lowest BCUT2D eigenvalue weighted by Gasteiger charge is -2.28. The van der Waals surface area contributed by atoms with E-state index in [-0.39, 0.29) is 11.4 Å². The summed E-state index contributed by atoms with van der Waals surface area (Å²) in [6.07, 6.45) is 5.08. The summed E-state index contributed by atoms with van der Waals surface area (Å²) in [7, 11) is 0. The predicted octanol–water partition coefficient (Wildman–Crippen LogP) is 3.54. The Bertz CT molecular complexity index is 483. The van der Waals surface area contributed by atoms with Crippen LogP contribution in [-0.4, -0.2) is 5.91 Å². The maximum Gasteiger partial charge on any atom is 0.252 e. The van der Waals surface area contributed by atoms with E-state index < -0.39 is 0 Å². The van der Waals surface area contributed by atoms with Crippen LogP contribution >= 0.6 is 15.9 Å². The van der Waals surface area contributed by atoms with E-state index in [1.807, 2.05) is 30.4 Å². The summed E-state index contributed by atoms with van der Waals surface area (Å²) < 4.78 is 0.916. The number of hydrogen-bond donors (Lipinski definition) is 1. The average Bonchev–Trinajstić information content (AvgIpc) is 2.53. The summed E-state index contributed by atoms with van der Waals surface area (Å²) in [4.78, 5) is 12.0. The highest BCUT2D eigenvalue weighted by molar-refractivity contribution is 9.10. The van der Waals surface area contributed by atoms with Gasteiger partial charge in [-0.2, -0.15) is 0 Å². The molecule has 1 N–H and O–H groups in total. The summed E-state index contributed by atoms with van der Waals surface area (Å²) in [6.45, 7) is 7.54. The van der Waals surface area contributed by atoms with Gasteiger partial charge in [0.05, 0.1) is 5.54 Å². The van der Waals surface area contributed by atoms with Crippen LogP contribution in [0.25, 0.3) is 0 Å². The Kier molecular flexibility index (Phi) is 3.20. The molecule has 0 atom stereocenters. The van der Waals surface area contributed by atoms with Crippen LogP contribution < -0.4 is 5.32 Å². The second-order valence-electron chi connectivity index (χ2n) is 4.21. The first kappa shape index (κ1) is 12.1. The quantitative estimate of drug-likeness (QED) is 0.845. The molecule has 3 heteroatoms. The van der Waals surface area contributed by atoms with Gasteiger partial charge in [-0.05, 0) is 30.5 Å². The van der Waals surface area contributed by atoms with E-state index in [9.17, 15) is 4.79 Å². The standard InChI is InChI=1S/C14H14BrNO/c1-3-7-14(8-4-2)12-6-5-10(15)9-11(12)13(17)16-14/h3-6,9H,1-2,7-8H2,(H,16,17). The number of rotatable bonds is 4. The number of carbonyl (C=O) groups excluding carboxylic acids is 1. The van der Waals surface area contributed by atoms with Gasteiger partial charge in [0.25, 0.3) is 5.91 Å². The van der Waals surface area contributed by atoms with Crippen LogP contribution in [0.15, 0.2) is 48.0 Å². The summed E-state index contributed by atoms with van der Waals surface area (Å²) in [6, 6.07) is 5.81. The largest absolute Gasteiger partial charge is 0.342 e. The van der Waals surface area contributed by atoms with Crippen LogP contribution in [0.1, 0.15) is 28.8 Å². The second kappa shape index (κ2) is 4.49. The zero-order valence-electron chi connectivity index (χ0n) is 9.50. The van der Waals surface area contributed by atoms with Crippen molar-refractivity contribution in [2.45, 2.75) is 18.4 Å². The molecule has 1 aliphatic heterocycles. The van der Waals surface area contributed by atoms with Crippen molar-refractivity contribution in [3.63, 3.8) is 0 Å². The van der Waals surface area contributed by atoms with Gasteiger partial charge < -0.3 is 5.32 Å². The zero-order chi connectivity index (χ0) is 12.5. The average molecular weight is 292 g/mol. The van der Waals surface area contributed by atoms with Crippen molar-refractivity contribution >= 4 is 21.8 Å². The lowest BCUT2D eigenvalue weighted by Crippen LogP contribution is -2.38. The smallest absolute Gasteiger partial charge is 0.252 e. The minimum atomic E-state index is -0.364. The molecule has 1 aromatic rings. The van der Waals surface area contributed by atoms with Crippen molar-refractivity contribution in [2.24, 2.45) is 0 Å². The molecule has 0 spiro atoms. The van der Waals surface area contributed by atoms with Gasteiger partial charge in [-0.25, -0.2) is 0 Å². The SMILES string of the molecule is C=CCC1(CC=C)NC(=O)c2cc(Br)ccc21. The summed E-state index contributed by atoms with van der Waals surface area (Å²) >= 11 is 3.39. The van der Waals surface area contributed by atoms with Gasteiger partial charge >= 0.3 is 0 Å². The summed E-state index contributed by atoms with van der Waals surface area (Å²) in [5.74, 6) is -0.0231. The van der Waals surface area contributed by atoms with Crippen molar-refractivity contribution in [3.05, 3.63) is 59.1 Å². The number of halogens is 1. The van der Waals surface area contributed by atoms with Gasteiger partial charge in [-0.3, -0.25) is 4.79 Å². The summed E-state index contributed by atoms with van der Waals surface area (Å²) in [5.41, 5.74) is 1.41. The lowest BCUT2D eigenvalue weighted by atomic mass is 9.84. The molecular weight excluding hydrogens is 278 g/mol. The fourth-order valence-electron chi connectivity index (χ4n) is 2.37.